The van der Waals surface area contributed by atoms with Gasteiger partial charge in [0, 0.05) is 49.9 Å². The summed E-state index contributed by atoms with van der Waals surface area (Å²) >= 11 is 0. The number of nitrogens with zero attached hydrogens (tertiary/aromatic N) is 6. The van der Waals surface area contributed by atoms with Gasteiger partial charge in [-0.25, -0.2) is 4.39 Å². The summed E-state index contributed by atoms with van der Waals surface area (Å²) in [6.45, 7) is 0. The van der Waals surface area contributed by atoms with Crippen LogP contribution in [0.1, 0.15) is 0 Å². The number of hydrogen-bond donors (Lipinski definition) is 0. The van der Waals surface area contributed by atoms with E-state index in [1.807, 2.05) is 19.3 Å². The maximum atomic E-state index is 14.9. The van der Waals surface area contributed by atoms with E-state index < -0.39 is 5.82 Å². The number of methoxy groups -OCH3 is 2. The molecule has 33 heavy (non-hydrogen) atoms. The minimum atomic E-state index is -0.567. The zero-order valence-corrected chi connectivity index (χ0v) is 18.9. The fourth-order valence-electron chi connectivity index (χ4n) is 3.81. The lowest BCUT2D eigenvalue weighted by Gasteiger charge is -2.28. The van der Waals surface area contributed by atoms with Gasteiger partial charge in [-0.2, -0.15) is 5.10 Å². The highest BCUT2D eigenvalue weighted by molar-refractivity contribution is 6.05. The molecule has 0 aliphatic heterocycles. The van der Waals surface area contributed by atoms with Gasteiger partial charge in [-0.1, -0.05) is 0 Å². The third kappa shape index (κ3) is 3.79. The molecule has 170 valence electrons. The molecule has 0 radical (unpaired) electrons. The number of hydrogen-bond acceptors (Lipinski definition) is 7. The van der Waals surface area contributed by atoms with Gasteiger partial charge in [-0.15, -0.1) is 0 Å². The summed E-state index contributed by atoms with van der Waals surface area (Å²) in [5.41, 5.74) is 3.46. The first-order valence-electron chi connectivity index (χ1n) is 9.98. The maximum absolute atomic E-state index is 14.9. The van der Waals surface area contributed by atoms with Gasteiger partial charge in [0.15, 0.2) is 11.6 Å². The van der Waals surface area contributed by atoms with E-state index in [9.17, 15) is 9.18 Å². The number of anilines is 3. The molecule has 3 aromatic heterocycles. The van der Waals surface area contributed by atoms with Gasteiger partial charge in [-0.05, 0) is 6.07 Å². The number of carbonyl (C=O) groups excluding carboxylic acids is 1. The lowest BCUT2D eigenvalue weighted by molar-refractivity contribution is -0.107. The average Bonchev–Trinajstić information content (AvgIpc) is 3.27. The van der Waals surface area contributed by atoms with Crippen LogP contribution in [-0.4, -0.2) is 54.5 Å². The van der Waals surface area contributed by atoms with Crippen molar-refractivity contribution in [3.05, 3.63) is 48.9 Å². The SMILES string of the molecule is COc1cc2ncc(N(C)C=O)c(N(C)c3c(F)cncc3OC)c2cc1-c1cnn(C)c1. The van der Waals surface area contributed by atoms with Crippen LogP contribution in [0.15, 0.2) is 43.1 Å². The van der Waals surface area contributed by atoms with Crippen LogP contribution in [0.2, 0.25) is 0 Å². The maximum Gasteiger partial charge on any atom is 0.213 e. The fraction of sp³-hybridized carbons (Fsp3) is 0.217. The lowest BCUT2D eigenvalue weighted by Crippen LogP contribution is -2.21. The molecule has 0 saturated carbocycles. The van der Waals surface area contributed by atoms with Crippen LogP contribution in [0.25, 0.3) is 22.0 Å². The van der Waals surface area contributed by atoms with Crippen LogP contribution in [0, 0.1) is 5.82 Å². The molecule has 4 rings (SSSR count). The molecule has 0 N–H and O–H groups in total. The number of rotatable bonds is 7. The summed E-state index contributed by atoms with van der Waals surface area (Å²) in [5, 5.41) is 4.94. The zero-order valence-electron chi connectivity index (χ0n) is 18.9. The van der Waals surface area contributed by atoms with E-state index in [0.717, 1.165) is 17.3 Å². The number of aromatic nitrogens is 4. The predicted molar refractivity (Wildman–Crippen MR) is 124 cm³/mol. The molecule has 0 saturated heterocycles. The summed E-state index contributed by atoms with van der Waals surface area (Å²) in [5.74, 6) is 0.298. The summed E-state index contributed by atoms with van der Waals surface area (Å²) < 4.78 is 27.6. The third-order valence-electron chi connectivity index (χ3n) is 5.43. The highest BCUT2D eigenvalue weighted by atomic mass is 19.1. The van der Waals surface area contributed by atoms with Crippen molar-refractivity contribution >= 4 is 34.4 Å². The Labute approximate surface area is 190 Å². The molecule has 1 aromatic carbocycles. The van der Waals surface area contributed by atoms with E-state index in [1.54, 1.807) is 49.2 Å². The Kier molecular flexibility index (Phi) is 5.82. The summed E-state index contributed by atoms with van der Waals surface area (Å²) in [6, 6.07) is 3.71. The number of fused-ring (bicyclic) bond motifs is 1. The molecular weight excluding hydrogens is 427 g/mol. The number of benzene rings is 1. The Morgan fingerprint density at radius 2 is 1.79 bits per heavy atom. The highest BCUT2D eigenvalue weighted by Gasteiger charge is 2.24. The van der Waals surface area contributed by atoms with Gasteiger partial charge in [-0.3, -0.25) is 19.4 Å². The van der Waals surface area contributed by atoms with Crippen LogP contribution in [-0.2, 0) is 11.8 Å². The van der Waals surface area contributed by atoms with E-state index >= 15 is 0 Å². The molecule has 0 bridgehead atoms. The topological polar surface area (TPSA) is 85.6 Å². The molecule has 4 aromatic rings. The molecule has 0 unspecified atom stereocenters. The fourth-order valence-corrected chi connectivity index (χ4v) is 3.81. The first-order chi connectivity index (χ1) is 15.9. The minimum Gasteiger partial charge on any atom is -0.496 e. The molecule has 0 atom stereocenters. The van der Waals surface area contributed by atoms with Crippen molar-refractivity contribution in [2.24, 2.45) is 7.05 Å². The van der Waals surface area contributed by atoms with Crippen molar-refractivity contribution in [3.63, 3.8) is 0 Å². The third-order valence-corrected chi connectivity index (χ3v) is 5.43. The first-order valence-corrected chi connectivity index (χ1v) is 9.98. The Bertz CT molecular complexity index is 1340. The van der Waals surface area contributed by atoms with Crippen molar-refractivity contribution < 1.29 is 18.7 Å². The molecule has 0 aliphatic carbocycles. The monoisotopic (exact) mass is 450 g/mol. The van der Waals surface area contributed by atoms with Crippen LogP contribution >= 0.6 is 0 Å². The van der Waals surface area contributed by atoms with Gasteiger partial charge in [0.1, 0.15) is 11.4 Å². The second-order valence-corrected chi connectivity index (χ2v) is 7.41. The van der Waals surface area contributed by atoms with Crippen molar-refractivity contribution in [2.75, 3.05) is 38.1 Å². The Balaban J connectivity index is 2.07. The van der Waals surface area contributed by atoms with Gasteiger partial charge >= 0.3 is 0 Å². The van der Waals surface area contributed by atoms with E-state index in [2.05, 4.69) is 15.1 Å². The van der Waals surface area contributed by atoms with Crippen LogP contribution in [0.4, 0.5) is 21.5 Å². The molecule has 10 heteroatoms. The molecule has 9 nitrogen and oxygen atoms in total. The molecule has 3 heterocycles. The smallest absolute Gasteiger partial charge is 0.213 e. The number of ether oxygens (including phenoxy) is 2. The number of halogens is 1. The normalized spacial score (nSPS) is 10.8. The summed E-state index contributed by atoms with van der Waals surface area (Å²) in [7, 11) is 8.17. The van der Waals surface area contributed by atoms with Gasteiger partial charge < -0.3 is 19.3 Å². The zero-order chi connectivity index (χ0) is 23.7. The van der Waals surface area contributed by atoms with E-state index in [-0.39, 0.29) is 11.4 Å². The van der Waals surface area contributed by atoms with Gasteiger partial charge in [0.25, 0.3) is 0 Å². The number of pyridine rings is 2. The van der Waals surface area contributed by atoms with Crippen molar-refractivity contribution in [1.82, 2.24) is 19.7 Å². The predicted octanol–water partition coefficient (Wildman–Crippen LogP) is 3.55. The first kappa shape index (κ1) is 22.0. The van der Waals surface area contributed by atoms with Crippen molar-refractivity contribution in [2.45, 2.75) is 0 Å². The number of amides is 1. The molecular formula is C23H23FN6O3. The van der Waals surface area contributed by atoms with Crippen LogP contribution < -0.4 is 19.3 Å². The average molecular weight is 450 g/mol. The minimum absolute atomic E-state index is 0.180. The van der Waals surface area contributed by atoms with Crippen molar-refractivity contribution in [1.29, 1.82) is 0 Å². The van der Waals surface area contributed by atoms with E-state index in [1.165, 1.54) is 18.2 Å². The van der Waals surface area contributed by atoms with Crippen LogP contribution in [0.5, 0.6) is 11.5 Å². The largest absolute Gasteiger partial charge is 0.496 e. The number of aryl methyl sites for hydroxylation is 1. The second kappa shape index (κ2) is 8.73. The van der Waals surface area contributed by atoms with E-state index in [4.69, 9.17) is 9.47 Å². The standard InChI is InChI=1S/C23H23FN6O3/c1-28(13-31)19-10-26-18-7-20(32-4)15(14-8-27-29(2)12-14)6-16(18)22(19)30(3)23-17(24)9-25-11-21(23)33-5/h6-13H,1-5H3. The van der Waals surface area contributed by atoms with Gasteiger partial charge in [0.05, 0.1) is 55.9 Å². The Morgan fingerprint density at radius 1 is 1.03 bits per heavy atom. The number of carbonyl (C=O) groups is 1. The van der Waals surface area contributed by atoms with Crippen molar-refractivity contribution in [3.8, 4) is 22.6 Å². The van der Waals surface area contributed by atoms with Crippen LogP contribution in [0.3, 0.4) is 0 Å². The molecule has 0 spiro atoms. The second-order valence-electron chi connectivity index (χ2n) is 7.41. The molecule has 1 amide bonds. The quantitative estimate of drug-likeness (QED) is 0.398. The van der Waals surface area contributed by atoms with Gasteiger partial charge in [0.2, 0.25) is 6.41 Å². The highest BCUT2D eigenvalue weighted by Crippen LogP contribution is 2.44. The molecule has 0 aliphatic rings. The van der Waals surface area contributed by atoms with E-state index in [0.29, 0.717) is 34.4 Å². The summed E-state index contributed by atoms with van der Waals surface area (Å²) in [6.07, 6.45) is 8.39. The Morgan fingerprint density at radius 3 is 2.42 bits per heavy atom. The molecule has 0 fully saturated rings. The summed E-state index contributed by atoms with van der Waals surface area (Å²) in [4.78, 5) is 23.1. The Hall–Kier alpha value is -4.21. The lowest BCUT2D eigenvalue weighted by atomic mass is 10.0.